The van der Waals surface area contributed by atoms with Crippen molar-refractivity contribution in [1.82, 2.24) is 4.98 Å². The number of rotatable bonds is 1. The van der Waals surface area contributed by atoms with Crippen LogP contribution in [0.25, 0.3) is 0 Å². The van der Waals surface area contributed by atoms with Gasteiger partial charge < -0.3 is 10.4 Å². The van der Waals surface area contributed by atoms with Crippen LogP contribution in [0.1, 0.15) is 24.5 Å². The van der Waals surface area contributed by atoms with Crippen LogP contribution < -0.4 is 5.32 Å². The Balaban J connectivity index is 2.31. The Morgan fingerprint density at radius 3 is 3.14 bits per heavy atom. The topological polar surface area (TPSA) is 45.2 Å². The largest absolute Gasteiger partial charge is 0.394 e. The van der Waals surface area contributed by atoms with Gasteiger partial charge in [0.05, 0.1) is 12.1 Å². The van der Waals surface area contributed by atoms with Gasteiger partial charge in [-0.1, -0.05) is 6.07 Å². The van der Waals surface area contributed by atoms with Crippen LogP contribution in [-0.2, 0) is 6.42 Å². The fourth-order valence-electron chi connectivity index (χ4n) is 1.81. The number of aryl methyl sites for hydroxylation is 2. The van der Waals surface area contributed by atoms with Crippen molar-refractivity contribution >= 4 is 5.82 Å². The number of hydrogen-bond donors (Lipinski definition) is 2. The van der Waals surface area contributed by atoms with E-state index in [-0.39, 0.29) is 12.1 Å². The summed E-state index contributed by atoms with van der Waals surface area (Å²) < 4.78 is 0. The second-order valence-electron chi connectivity index (χ2n) is 4.36. The zero-order valence-corrected chi connectivity index (χ0v) is 8.67. The minimum absolute atomic E-state index is 0.155. The highest BCUT2D eigenvalue weighted by atomic mass is 16.3. The van der Waals surface area contributed by atoms with Crippen molar-refractivity contribution in [3.05, 3.63) is 23.4 Å². The van der Waals surface area contributed by atoms with E-state index in [1.54, 1.807) is 0 Å². The van der Waals surface area contributed by atoms with E-state index in [1.165, 1.54) is 11.1 Å². The van der Waals surface area contributed by atoms with Crippen molar-refractivity contribution < 1.29 is 5.11 Å². The molecule has 2 heterocycles. The first kappa shape index (κ1) is 9.46. The van der Waals surface area contributed by atoms with Gasteiger partial charge in [0.15, 0.2) is 0 Å². The molecule has 2 rings (SSSR count). The molecule has 76 valence electrons. The fourth-order valence-corrected chi connectivity index (χ4v) is 1.81. The summed E-state index contributed by atoms with van der Waals surface area (Å²) in [5.74, 6) is 0.929. The summed E-state index contributed by atoms with van der Waals surface area (Å²) in [6.45, 7) is 4.23. The quantitative estimate of drug-likeness (QED) is 0.708. The monoisotopic (exact) mass is 192 g/mol. The first-order chi connectivity index (χ1) is 6.63. The first-order valence-electron chi connectivity index (χ1n) is 4.97. The summed E-state index contributed by atoms with van der Waals surface area (Å²) >= 11 is 0. The molecule has 0 amide bonds. The molecule has 0 spiro atoms. The molecule has 14 heavy (non-hydrogen) atoms. The molecule has 0 saturated heterocycles. The number of aliphatic hydroxyl groups excluding tert-OH is 1. The summed E-state index contributed by atoms with van der Waals surface area (Å²) in [5, 5.41) is 12.5. The molecule has 1 aliphatic rings. The minimum atomic E-state index is -0.199. The molecule has 1 aromatic rings. The van der Waals surface area contributed by atoms with Gasteiger partial charge in [-0.3, -0.25) is 0 Å². The lowest BCUT2D eigenvalue weighted by Crippen LogP contribution is -2.42. The Morgan fingerprint density at radius 1 is 1.64 bits per heavy atom. The molecule has 1 unspecified atom stereocenters. The third-order valence-electron chi connectivity index (χ3n) is 2.82. The van der Waals surface area contributed by atoms with E-state index in [4.69, 9.17) is 0 Å². The Morgan fingerprint density at radius 2 is 2.43 bits per heavy atom. The number of hydrogen-bond acceptors (Lipinski definition) is 3. The highest BCUT2D eigenvalue weighted by Gasteiger charge is 2.28. The average Bonchev–Trinajstić information content (AvgIpc) is 2.19. The Hall–Kier alpha value is -1.09. The standard InChI is InChI=1S/C11H16N2O/c1-8-5-9-3-4-11(2,7-14)13-10(9)12-6-8/h5-6,14H,3-4,7H2,1-2H3,(H,12,13). The summed E-state index contributed by atoms with van der Waals surface area (Å²) in [5.41, 5.74) is 2.25. The SMILES string of the molecule is Cc1cnc2c(c1)CCC(C)(CO)N2. The summed E-state index contributed by atoms with van der Waals surface area (Å²) in [7, 11) is 0. The van der Waals surface area contributed by atoms with E-state index < -0.39 is 0 Å². The fraction of sp³-hybridized carbons (Fsp3) is 0.545. The normalized spacial score (nSPS) is 25.4. The Kier molecular flexibility index (Phi) is 2.19. The molecule has 0 aliphatic carbocycles. The lowest BCUT2D eigenvalue weighted by molar-refractivity contribution is 0.211. The van der Waals surface area contributed by atoms with E-state index in [9.17, 15) is 5.11 Å². The number of anilines is 1. The van der Waals surface area contributed by atoms with Gasteiger partial charge in [-0.25, -0.2) is 4.98 Å². The van der Waals surface area contributed by atoms with E-state index in [2.05, 4.69) is 16.4 Å². The number of aliphatic hydroxyl groups is 1. The van der Waals surface area contributed by atoms with Crippen LogP contribution >= 0.6 is 0 Å². The van der Waals surface area contributed by atoms with Crippen LogP contribution in [0.5, 0.6) is 0 Å². The summed E-state index contributed by atoms with van der Waals surface area (Å²) in [6, 6.07) is 2.16. The third-order valence-corrected chi connectivity index (χ3v) is 2.82. The molecular weight excluding hydrogens is 176 g/mol. The smallest absolute Gasteiger partial charge is 0.129 e. The number of pyridine rings is 1. The van der Waals surface area contributed by atoms with Gasteiger partial charge in [-0.05, 0) is 37.8 Å². The molecule has 0 saturated carbocycles. The molecule has 0 aromatic carbocycles. The van der Waals surface area contributed by atoms with Gasteiger partial charge in [0, 0.05) is 6.20 Å². The van der Waals surface area contributed by atoms with Crippen molar-refractivity contribution in [1.29, 1.82) is 0 Å². The number of aromatic nitrogens is 1. The molecular formula is C11H16N2O. The molecule has 0 bridgehead atoms. The van der Waals surface area contributed by atoms with Crippen molar-refractivity contribution in [2.24, 2.45) is 0 Å². The zero-order valence-electron chi connectivity index (χ0n) is 8.67. The van der Waals surface area contributed by atoms with Crippen molar-refractivity contribution in [2.75, 3.05) is 11.9 Å². The van der Waals surface area contributed by atoms with E-state index in [0.717, 1.165) is 18.7 Å². The lowest BCUT2D eigenvalue weighted by atomic mass is 9.90. The van der Waals surface area contributed by atoms with Gasteiger partial charge in [0.25, 0.3) is 0 Å². The summed E-state index contributed by atoms with van der Waals surface area (Å²) in [4.78, 5) is 4.34. The van der Waals surface area contributed by atoms with Gasteiger partial charge >= 0.3 is 0 Å². The molecule has 3 heteroatoms. The molecule has 2 N–H and O–H groups in total. The average molecular weight is 192 g/mol. The second-order valence-corrected chi connectivity index (χ2v) is 4.36. The molecule has 1 atom stereocenters. The molecule has 0 fully saturated rings. The molecule has 1 aromatic heterocycles. The van der Waals surface area contributed by atoms with Crippen LogP contribution in [0, 0.1) is 6.92 Å². The summed E-state index contributed by atoms with van der Waals surface area (Å²) in [6.07, 6.45) is 3.81. The van der Waals surface area contributed by atoms with Gasteiger partial charge in [0.2, 0.25) is 0 Å². The Labute approximate surface area is 84.2 Å². The maximum Gasteiger partial charge on any atom is 0.129 e. The van der Waals surface area contributed by atoms with Crippen molar-refractivity contribution in [3.8, 4) is 0 Å². The van der Waals surface area contributed by atoms with Gasteiger partial charge in [-0.2, -0.15) is 0 Å². The van der Waals surface area contributed by atoms with Crippen molar-refractivity contribution in [3.63, 3.8) is 0 Å². The maximum absolute atomic E-state index is 9.24. The molecule has 0 radical (unpaired) electrons. The number of nitrogens with zero attached hydrogens (tertiary/aromatic N) is 1. The number of nitrogens with one attached hydrogen (secondary N) is 1. The van der Waals surface area contributed by atoms with E-state index in [1.807, 2.05) is 20.0 Å². The van der Waals surface area contributed by atoms with Gasteiger partial charge in [0.1, 0.15) is 5.82 Å². The van der Waals surface area contributed by atoms with Crippen LogP contribution in [0.4, 0.5) is 5.82 Å². The van der Waals surface area contributed by atoms with Gasteiger partial charge in [-0.15, -0.1) is 0 Å². The lowest BCUT2D eigenvalue weighted by Gasteiger charge is -2.34. The number of fused-ring (bicyclic) bond motifs is 1. The predicted molar refractivity (Wildman–Crippen MR) is 56.4 cm³/mol. The Bertz CT molecular complexity index is 351. The highest BCUT2D eigenvalue weighted by molar-refractivity contribution is 5.50. The maximum atomic E-state index is 9.24. The first-order valence-corrected chi connectivity index (χ1v) is 4.97. The van der Waals surface area contributed by atoms with E-state index in [0.29, 0.717) is 0 Å². The molecule has 3 nitrogen and oxygen atoms in total. The van der Waals surface area contributed by atoms with Crippen LogP contribution in [0.15, 0.2) is 12.3 Å². The molecule has 1 aliphatic heterocycles. The van der Waals surface area contributed by atoms with Crippen LogP contribution in [0.3, 0.4) is 0 Å². The van der Waals surface area contributed by atoms with Crippen LogP contribution in [0.2, 0.25) is 0 Å². The predicted octanol–water partition coefficient (Wildman–Crippen LogP) is 1.50. The van der Waals surface area contributed by atoms with E-state index >= 15 is 0 Å². The zero-order chi connectivity index (χ0) is 10.2. The second kappa shape index (κ2) is 3.24. The van der Waals surface area contributed by atoms with Crippen molar-refractivity contribution in [2.45, 2.75) is 32.2 Å². The van der Waals surface area contributed by atoms with Crippen LogP contribution in [-0.4, -0.2) is 22.2 Å². The third kappa shape index (κ3) is 1.60. The minimum Gasteiger partial charge on any atom is -0.394 e. The highest BCUT2D eigenvalue weighted by Crippen LogP contribution is 2.28.